The molecule has 1 amide bonds. The maximum absolute atomic E-state index is 12.8. The Morgan fingerprint density at radius 3 is 2.44 bits per heavy atom. The largest absolute Gasteiger partial charge is 0.353 e. The zero-order chi connectivity index (χ0) is 18.0. The Balaban J connectivity index is 1.58. The molecule has 0 aromatic carbocycles. The van der Waals surface area contributed by atoms with Gasteiger partial charge in [0.1, 0.15) is 0 Å². The zero-order valence-corrected chi connectivity index (χ0v) is 15.7. The second kappa shape index (κ2) is 7.41. The van der Waals surface area contributed by atoms with Gasteiger partial charge in [-0.05, 0) is 43.2 Å². The first-order valence-electron chi connectivity index (χ1n) is 9.09. The highest BCUT2D eigenvalue weighted by molar-refractivity contribution is 7.90. The highest BCUT2D eigenvalue weighted by atomic mass is 32.2. The molecule has 2 fully saturated rings. The molecule has 1 unspecified atom stereocenters. The third-order valence-corrected chi connectivity index (χ3v) is 7.50. The van der Waals surface area contributed by atoms with E-state index in [1.54, 1.807) is 16.7 Å². The number of amides is 1. The van der Waals surface area contributed by atoms with Crippen LogP contribution in [-0.2, 0) is 14.8 Å². The Kier molecular flexibility index (Phi) is 5.43. The number of hydrogen-bond donors (Lipinski definition) is 1. The number of nitrogens with one attached hydrogen (secondary N) is 1. The van der Waals surface area contributed by atoms with Gasteiger partial charge in [-0.2, -0.15) is 0 Å². The van der Waals surface area contributed by atoms with E-state index >= 15 is 0 Å². The highest BCUT2D eigenvalue weighted by Crippen LogP contribution is 2.32. The normalized spacial score (nSPS) is 21.2. The number of piperidine rings is 1. The van der Waals surface area contributed by atoms with Crippen LogP contribution < -0.4 is 5.32 Å². The maximum atomic E-state index is 12.8. The Hall–Kier alpha value is -1.47. The van der Waals surface area contributed by atoms with Crippen LogP contribution in [0, 0.1) is 5.92 Å². The van der Waals surface area contributed by atoms with Gasteiger partial charge in [-0.3, -0.25) is 9.78 Å². The number of nitrogens with zero attached hydrogens (tertiary/aromatic N) is 2. The molecular formula is C18H27N3O3S. The molecule has 1 N–H and O–H groups in total. The lowest BCUT2D eigenvalue weighted by molar-refractivity contribution is -0.124. The van der Waals surface area contributed by atoms with Crippen molar-refractivity contribution in [1.29, 1.82) is 0 Å². The number of aromatic nitrogens is 1. The molecule has 7 heteroatoms. The molecule has 1 aromatic rings. The molecule has 25 heavy (non-hydrogen) atoms. The van der Waals surface area contributed by atoms with Crippen molar-refractivity contribution in [2.24, 2.45) is 5.92 Å². The second-order valence-corrected chi connectivity index (χ2v) is 9.65. The third-order valence-electron chi connectivity index (χ3n) is 5.10. The monoisotopic (exact) mass is 365 g/mol. The smallest absolute Gasteiger partial charge is 0.228 e. The zero-order valence-electron chi connectivity index (χ0n) is 14.9. The molecule has 0 bridgehead atoms. The van der Waals surface area contributed by atoms with E-state index in [0.717, 1.165) is 18.4 Å². The molecule has 138 valence electrons. The first kappa shape index (κ1) is 18.3. The minimum absolute atomic E-state index is 0.00602. The number of sulfonamides is 1. The number of pyridine rings is 1. The van der Waals surface area contributed by atoms with Crippen molar-refractivity contribution in [3.63, 3.8) is 0 Å². The second-order valence-electron chi connectivity index (χ2n) is 7.43. The Labute approximate surface area is 150 Å². The number of carbonyl (C=O) groups is 1. The highest BCUT2D eigenvalue weighted by Gasteiger charge is 2.41. The average molecular weight is 365 g/mol. The minimum atomic E-state index is -3.10. The summed E-state index contributed by atoms with van der Waals surface area (Å²) in [5, 5.41) is 2.97. The van der Waals surface area contributed by atoms with Crippen LogP contribution in [0.1, 0.15) is 51.0 Å². The summed E-state index contributed by atoms with van der Waals surface area (Å²) in [6, 6.07) is 3.82. The summed E-state index contributed by atoms with van der Waals surface area (Å²) in [6.45, 7) is 5.07. The van der Waals surface area contributed by atoms with Crippen LogP contribution >= 0.6 is 0 Å². The van der Waals surface area contributed by atoms with Gasteiger partial charge in [0.25, 0.3) is 0 Å². The minimum Gasteiger partial charge on any atom is -0.353 e. The lowest BCUT2D eigenvalue weighted by Gasteiger charge is -2.33. The van der Waals surface area contributed by atoms with E-state index in [-0.39, 0.29) is 29.0 Å². The molecule has 1 aromatic heterocycles. The molecule has 1 atom stereocenters. The van der Waals surface area contributed by atoms with E-state index in [1.165, 1.54) is 0 Å². The SMILES string of the molecule is CC(C)C(C(=O)NC1CCN(S(=O)(=O)C2CC2)CC1)c1cccnc1. The molecular weight excluding hydrogens is 338 g/mol. The van der Waals surface area contributed by atoms with Crippen LogP contribution in [0.5, 0.6) is 0 Å². The van der Waals surface area contributed by atoms with E-state index in [4.69, 9.17) is 0 Å². The van der Waals surface area contributed by atoms with E-state index in [1.807, 2.05) is 26.0 Å². The van der Waals surface area contributed by atoms with Crippen molar-refractivity contribution in [2.45, 2.75) is 56.7 Å². The standard InChI is InChI=1S/C18H27N3O3S/c1-13(2)17(14-4-3-9-19-12-14)18(22)20-15-7-10-21(11-8-15)25(23,24)16-5-6-16/h3-4,9,12-13,15-17H,5-8,10-11H2,1-2H3,(H,20,22). The fourth-order valence-corrected chi connectivity index (χ4v) is 5.39. The molecule has 0 radical (unpaired) electrons. The van der Waals surface area contributed by atoms with E-state index in [9.17, 15) is 13.2 Å². The van der Waals surface area contributed by atoms with Crippen molar-refractivity contribution >= 4 is 15.9 Å². The third kappa shape index (κ3) is 4.20. The molecule has 6 nitrogen and oxygen atoms in total. The van der Waals surface area contributed by atoms with E-state index < -0.39 is 10.0 Å². The lowest BCUT2D eigenvalue weighted by atomic mass is 9.88. The molecule has 1 aliphatic heterocycles. The van der Waals surface area contributed by atoms with Gasteiger partial charge in [0.2, 0.25) is 15.9 Å². The first-order chi connectivity index (χ1) is 11.9. The summed E-state index contributed by atoms with van der Waals surface area (Å²) in [6.07, 6.45) is 6.38. The van der Waals surface area contributed by atoms with Gasteiger partial charge in [-0.15, -0.1) is 0 Å². The molecule has 0 spiro atoms. The predicted molar refractivity (Wildman–Crippen MR) is 96.5 cm³/mol. The average Bonchev–Trinajstić information content (AvgIpc) is 3.41. The Morgan fingerprint density at radius 1 is 1.24 bits per heavy atom. The topological polar surface area (TPSA) is 79.4 Å². The summed E-state index contributed by atoms with van der Waals surface area (Å²) in [5.74, 6) is -0.0621. The van der Waals surface area contributed by atoms with Gasteiger partial charge in [0.15, 0.2) is 0 Å². The quantitative estimate of drug-likeness (QED) is 0.835. The molecule has 1 saturated heterocycles. The van der Waals surface area contributed by atoms with Crippen LogP contribution in [0.2, 0.25) is 0 Å². The van der Waals surface area contributed by atoms with Gasteiger partial charge in [-0.1, -0.05) is 19.9 Å². The number of rotatable bonds is 6. The Morgan fingerprint density at radius 2 is 1.92 bits per heavy atom. The fraction of sp³-hybridized carbons (Fsp3) is 0.667. The summed E-state index contributed by atoms with van der Waals surface area (Å²) < 4.78 is 26.2. The van der Waals surface area contributed by atoms with Crippen LogP contribution in [0.15, 0.2) is 24.5 Å². The summed E-state index contributed by atoms with van der Waals surface area (Å²) >= 11 is 0. The van der Waals surface area contributed by atoms with Gasteiger partial charge < -0.3 is 5.32 Å². The maximum Gasteiger partial charge on any atom is 0.228 e. The van der Waals surface area contributed by atoms with Crippen molar-refractivity contribution in [3.8, 4) is 0 Å². The Bertz CT molecular complexity index is 694. The van der Waals surface area contributed by atoms with Crippen LogP contribution in [0.25, 0.3) is 0 Å². The molecule has 1 saturated carbocycles. The van der Waals surface area contributed by atoms with Gasteiger partial charge in [0.05, 0.1) is 11.2 Å². The van der Waals surface area contributed by atoms with Crippen LogP contribution in [0.4, 0.5) is 0 Å². The predicted octanol–water partition coefficient (Wildman–Crippen LogP) is 1.89. The van der Waals surface area contributed by atoms with E-state index in [0.29, 0.717) is 25.9 Å². The lowest BCUT2D eigenvalue weighted by Crippen LogP contribution is -2.48. The van der Waals surface area contributed by atoms with Crippen molar-refractivity contribution in [3.05, 3.63) is 30.1 Å². The number of hydrogen-bond acceptors (Lipinski definition) is 4. The molecule has 2 heterocycles. The van der Waals surface area contributed by atoms with Crippen molar-refractivity contribution < 1.29 is 13.2 Å². The van der Waals surface area contributed by atoms with Crippen molar-refractivity contribution in [1.82, 2.24) is 14.6 Å². The van der Waals surface area contributed by atoms with Gasteiger partial charge >= 0.3 is 0 Å². The number of carbonyl (C=O) groups excluding carboxylic acids is 1. The summed E-state index contributed by atoms with van der Waals surface area (Å²) in [7, 11) is -3.10. The van der Waals surface area contributed by atoms with Crippen LogP contribution in [0.3, 0.4) is 0 Å². The summed E-state index contributed by atoms with van der Waals surface area (Å²) in [5.41, 5.74) is 0.920. The van der Waals surface area contributed by atoms with Crippen molar-refractivity contribution in [2.75, 3.05) is 13.1 Å². The van der Waals surface area contributed by atoms with E-state index in [2.05, 4.69) is 10.3 Å². The van der Waals surface area contributed by atoms with Gasteiger partial charge in [-0.25, -0.2) is 12.7 Å². The molecule has 3 rings (SSSR count). The first-order valence-corrected chi connectivity index (χ1v) is 10.6. The fourth-order valence-electron chi connectivity index (χ4n) is 3.52. The molecule has 1 aliphatic carbocycles. The van der Waals surface area contributed by atoms with Gasteiger partial charge in [0, 0.05) is 31.5 Å². The summed E-state index contributed by atoms with van der Waals surface area (Å²) in [4.78, 5) is 16.9. The molecule has 2 aliphatic rings. The van der Waals surface area contributed by atoms with Crippen LogP contribution in [-0.4, -0.2) is 48.0 Å².